The molecule has 2 aromatic rings. The molecule has 174 valence electrons. The van der Waals surface area contributed by atoms with Crippen LogP contribution in [0.4, 0.5) is 5.69 Å². The van der Waals surface area contributed by atoms with Crippen LogP contribution >= 0.6 is 11.8 Å². The minimum Gasteiger partial charge on any atom is -0.493 e. The number of hydrogen-bond acceptors (Lipinski definition) is 6. The molecule has 1 atom stereocenters. The average molecular weight is 479 g/mol. The molecule has 1 aliphatic rings. The molecule has 32 heavy (non-hydrogen) atoms. The minimum absolute atomic E-state index is 0.173. The summed E-state index contributed by atoms with van der Waals surface area (Å²) in [6.45, 7) is 2.94. The molecule has 0 saturated carbocycles. The molecule has 2 aromatic carbocycles. The molecule has 0 unspecified atom stereocenters. The third-order valence-corrected chi connectivity index (χ3v) is 8.37. The van der Waals surface area contributed by atoms with Crippen LogP contribution in [-0.4, -0.2) is 51.2 Å². The summed E-state index contributed by atoms with van der Waals surface area (Å²) in [6, 6.07) is 11.9. The third kappa shape index (κ3) is 5.96. The lowest BCUT2D eigenvalue weighted by molar-refractivity contribution is -0.115. The van der Waals surface area contributed by atoms with Gasteiger partial charge in [-0.1, -0.05) is 12.8 Å². The zero-order valence-electron chi connectivity index (χ0n) is 18.7. The Morgan fingerprint density at radius 2 is 1.59 bits per heavy atom. The van der Waals surface area contributed by atoms with Gasteiger partial charge in [-0.25, -0.2) is 8.42 Å². The summed E-state index contributed by atoms with van der Waals surface area (Å²) in [4.78, 5) is 13.8. The Morgan fingerprint density at radius 3 is 2.19 bits per heavy atom. The maximum absolute atomic E-state index is 12.9. The Labute approximate surface area is 194 Å². The first-order valence-electron chi connectivity index (χ1n) is 10.6. The van der Waals surface area contributed by atoms with E-state index in [-0.39, 0.29) is 16.1 Å². The predicted octanol–water partition coefficient (Wildman–Crippen LogP) is 4.39. The lowest BCUT2D eigenvalue weighted by Gasteiger charge is -2.20. The highest BCUT2D eigenvalue weighted by Crippen LogP contribution is 2.33. The van der Waals surface area contributed by atoms with Crippen LogP contribution in [0.25, 0.3) is 0 Å². The first-order valence-corrected chi connectivity index (χ1v) is 13.0. The molecule has 1 N–H and O–H groups in total. The number of methoxy groups -OCH3 is 2. The van der Waals surface area contributed by atoms with Gasteiger partial charge in [0, 0.05) is 23.7 Å². The standard InChI is InChI=1S/C23H30N2O5S2/c1-17(31-19-10-13-21(29-2)22(16-19)30-3)23(26)24-18-8-11-20(12-9-18)32(27,28)25-14-6-4-5-7-15-25/h8-13,16-17H,4-7,14-15H2,1-3H3,(H,24,26)/t17-/m0/s1. The number of nitrogens with zero attached hydrogens (tertiary/aromatic N) is 1. The first-order chi connectivity index (χ1) is 15.3. The number of amides is 1. The van der Waals surface area contributed by atoms with Crippen LogP contribution in [0.5, 0.6) is 11.5 Å². The topological polar surface area (TPSA) is 84.9 Å². The molecule has 0 spiro atoms. The molecule has 0 aliphatic carbocycles. The number of ether oxygens (including phenoxy) is 2. The van der Waals surface area contributed by atoms with Gasteiger partial charge in [0.2, 0.25) is 15.9 Å². The number of nitrogens with one attached hydrogen (secondary N) is 1. The molecule has 9 heteroatoms. The van der Waals surface area contributed by atoms with Gasteiger partial charge >= 0.3 is 0 Å². The first kappa shape index (κ1) is 24.4. The number of thioether (sulfide) groups is 1. The van der Waals surface area contributed by atoms with E-state index in [1.165, 1.54) is 11.8 Å². The maximum Gasteiger partial charge on any atom is 0.243 e. The second-order valence-electron chi connectivity index (χ2n) is 7.61. The monoisotopic (exact) mass is 478 g/mol. The quantitative estimate of drug-likeness (QED) is 0.567. The van der Waals surface area contributed by atoms with Gasteiger partial charge in [-0.15, -0.1) is 11.8 Å². The SMILES string of the molecule is COc1ccc(S[C@@H](C)C(=O)Nc2ccc(S(=O)(=O)N3CCCCCC3)cc2)cc1OC. The Balaban J connectivity index is 1.62. The van der Waals surface area contributed by atoms with Crippen molar-refractivity contribution in [2.75, 3.05) is 32.6 Å². The lowest BCUT2D eigenvalue weighted by atomic mass is 10.2. The van der Waals surface area contributed by atoms with Crippen molar-refractivity contribution in [1.29, 1.82) is 0 Å². The molecule has 1 amide bonds. The molecule has 1 fully saturated rings. The van der Waals surface area contributed by atoms with E-state index >= 15 is 0 Å². The maximum atomic E-state index is 12.9. The fourth-order valence-electron chi connectivity index (χ4n) is 3.53. The number of sulfonamides is 1. The largest absolute Gasteiger partial charge is 0.493 e. The van der Waals surface area contributed by atoms with E-state index in [4.69, 9.17) is 9.47 Å². The number of benzene rings is 2. The Hall–Kier alpha value is -2.23. The normalized spacial score (nSPS) is 16.1. The highest BCUT2D eigenvalue weighted by molar-refractivity contribution is 8.00. The Kier molecular flexibility index (Phi) is 8.44. The van der Waals surface area contributed by atoms with Gasteiger partial charge in [0.25, 0.3) is 0 Å². The van der Waals surface area contributed by atoms with Crippen LogP contribution in [0.2, 0.25) is 0 Å². The van der Waals surface area contributed by atoms with E-state index < -0.39 is 10.0 Å². The summed E-state index contributed by atoms with van der Waals surface area (Å²) < 4.78 is 37.9. The van der Waals surface area contributed by atoms with Crippen molar-refractivity contribution in [2.24, 2.45) is 0 Å². The van der Waals surface area contributed by atoms with E-state index in [2.05, 4.69) is 5.32 Å². The number of carbonyl (C=O) groups is 1. The van der Waals surface area contributed by atoms with Gasteiger partial charge in [-0.05, 0) is 62.2 Å². The van der Waals surface area contributed by atoms with E-state index in [9.17, 15) is 13.2 Å². The van der Waals surface area contributed by atoms with Gasteiger partial charge < -0.3 is 14.8 Å². The van der Waals surface area contributed by atoms with Crippen LogP contribution in [0, 0.1) is 0 Å². The molecule has 3 rings (SSSR count). The van der Waals surface area contributed by atoms with E-state index in [1.807, 2.05) is 19.1 Å². The van der Waals surface area contributed by atoms with E-state index in [0.717, 1.165) is 30.6 Å². The van der Waals surface area contributed by atoms with Crippen molar-refractivity contribution in [3.8, 4) is 11.5 Å². The predicted molar refractivity (Wildman–Crippen MR) is 127 cm³/mol. The van der Waals surface area contributed by atoms with E-state index in [1.54, 1.807) is 48.9 Å². The zero-order chi connectivity index (χ0) is 23.1. The van der Waals surface area contributed by atoms with Crippen molar-refractivity contribution >= 4 is 33.4 Å². The average Bonchev–Trinajstić information content (AvgIpc) is 3.09. The Morgan fingerprint density at radius 1 is 0.969 bits per heavy atom. The van der Waals surface area contributed by atoms with Crippen LogP contribution in [0.1, 0.15) is 32.6 Å². The lowest BCUT2D eigenvalue weighted by Crippen LogP contribution is -2.31. The molecule has 0 radical (unpaired) electrons. The fraction of sp³-hybridized carbons (Fsp3) is 0.435. The summed E-state index contributed by atoms with van der Waals surface area (Å²) in [5.41, 5.74) is 0.560. The van der Waals surface area contributed by atoms with Gasteiger partial charge in [-0.2, -0.15) is 4.31 Å². The van der Waals surface area contributed by atoms with E-state index in [0.29, 0.717) is 30.3 Å². The second-order valence-corrected chi connectivity index (χ2v) is 11.0. The second kappa shape index (κ2) is 11.1. The molecule has 1 heterocycles. The number of hydrogen-bond donors (Lipinski definition) is 1. The van der Waals surface area contributed by atoms with Crippen molar-refractivity contribution in [3.63, 3.8) is 0 Å². The molecule has 7 nitrogen and oxygen atoms in total. The zero-order valence-corrected chi connectivity index (χ0v) is 20.3. The Bertz CT molecular complexity index is 1020. The van der Waals surface area contributed by atoms with Crippen molar-refractivity contribution in [1.82, 2.24) is 4.31 Å². The number of anilines is 1. The van der Waals surface area contributed by atoms with Crippen LogP contribution in [-0.2, 0) is 14.8 Å². The molecule has 0 aromatic heterocycles. The van der Waals surface area contributed by atoms with Crippen molar-refractivity contribution in [3.05, 3.63) is 42.5 Å². The molecular weight excluding hydrogens is 448 g/mol. The van der Waals surface area contributed by atoms with Gasteiger partial charge in [-0.3, -0.25) is 4.79 Å². The summed E-state index contributed by atoms with van der Waals surface area (Å²) in [5.74, 6) is 1.06. The number of carbonyl (C=O) groups excluding carboxylic acids is 1. The highest BCUT2D eigenvalue weighted by Gasteiger charge is 2.25. The van der Waals surface area contributed by atoms with Crippen LogP contribution < -0.4 is 14.8 Å². The van der Waals surface area contributed by atoms with Crippen LogP contribution in [0.3, 0.4) is 0 Å². The van der Waals surface area contributed by atoms with Gasteiger partial charge in [0.1, 0.15) is 0 Å². The smallest absolute Gasteiger partial charge is 0.243 e. The molecular formula is C23H30N2O5S2. The molecule has 1 aliphatic heterocycles. The molecule has 0 bridgehead atoms. The van der Waals surface area contributed by atoms with Crippen LogP contribution in [0.15, 0.2) is 52.3 Å². The highest BCUT2D eigenvalue weighted by atomic mass is 32.2. The molecule has 1 saturated heterocycles. The summed E-state index contributed by atoms with van der Waals surface area (Å²) in [5, 5.41) is 2.49. The minimum atomic E-state index is -3.51. The fourth-order valence-corrected chi connectivity index (χ4v) is 5.95. The van der Waals surface area contributed by atoms with Gasteiger partial charge in [0.05, 0.1) is 24.4 Å². The summed E-state index contributed by atoms with van der Waals surface area (Å²) in [7, 11) is -0.362. The van der Waals surface area contributed by atoms with Crippen molar-refractivity contribution < 1.29 is 22.7 Å². The third-order valence-electron chi connectivity index (χ3n) is 5.36. The summed E-state index contributed by atoms with van der Waals surface area (Å²) >= 11 is 1.40. The van der Waals surface area contributed by atoms with Gasteiger partial charge in [0.15, 0.2) is 11.5 Å². The van der Waals surface area contributed by atoms with Crippen molar-refractivity contribution in [2.45, 2.75) is 47.6 Å². The number of rotatable bonds is 8. The summed E-state index contributed by atoms with van der Waals surface area (Å²) in [6.07, 6.45) is 3.92.